The van der Waals surface area contributed by atoms with Gasteiger partial charge in [-0.1, -0.05) is 24.6 Å². The van der Waals surface area contributed by atoms with Crippen molar-refractivity contribution >= 4 is 11.8 Å². The molecule has 1 amide bonds. The normalized spacial score (nSPS) is 22.3. The fourth-order valence-electron chi connectivity index (χ4n) is 2.91. The van der Waals surface area contributed by atoms with Gasteiger partial charge in [0.2, 0.25) is 0 Å². The molecule has 0 spiro atoms. The van der Waals surface area contributed by atoms with Crippen LogP contribution in [0.15, 0.2) is 24.3 Å². The number of nitrogens with zero attached hydrogens (tertiary/aromatic N) is 2. The summed E-state index contributed by atoms with van der Waals surface area (Å²) in [6.45, 7) is 10.5. The molecule has 2 rings (SSSR count). The van der Waals surface area contributed by atoms with Crippen LogP contribution >= 0.6 is 0 Å². The summed E-state index contributed by atoms with van der Waals surface area (Å²) >= 11 is 0. The van der Waals surface area contributed by atoms with E-state index in [2.05, 4.69) is 49.9 Å². The van der Waals surface area contributed by atoms with E-state index in [4.69, 9.17) is 4.74 Å². The quantitative estimate of drug-likeness (QED) is 0.855. The first kappa shape index (κ1) is 15.7. The van der Waals surface area contributed by atoms with Gasteiger partial charge in [-0.25, -0.2) is 4.79 Å². The molecule has 1 saturated heterocycles. The molecule has 0 saturated carbocycles. The lowest BCUT2D eigenvalue weighted by molar-refractivity contribution is 0.0663. The molecule has 0 bridgehead atoms. The highest BCUT2D eigenvalue weighted by molar-refractivity contribution is 5.69. The number of ether oxygens (including phenoxy) is 1. The third-order valence-electron chi connectivity index (χ3n) is 3.96. The van der Waals surface area contributed by atoms with Crippen LogP contribution in [0, 0.1) is 6.92 Å². The first-order chi connectivity index (χ1) is 10.0. The molecule has 1 aromatic rings. The standard InChI is InChI=1S/C17H26N2O2/c1-5-10-21-17(20)19-14(3)11-18(12-15(19)4)16-8-6-13(2)7-9-16/h6-9,14-15H,5,10-12H2,1-4H3/t14-,15+. The molecule has 2 atom stereocenters. The lowest BCUT2D eigenvalue weighted by Gasteiger charge is -2.44. The van der Waals surface area contributed by atoms with Crippen molar-refractivity contribution in [3.8, 4) is 0 Å². The number of aryl methyl sites for hydroxylation is 1. The maximum absolute atomic E-state index is 12.2. The van der Waals surface area contributed by atoms with E-state index >= 15 is 0 Å². The number of hydrogen-bond acceptors (Lipinski definition) is 3. The van der Waals surface area contributed by atoms with E-state index in [1.165, 1.54) is 11.3 Å². The van der Waals surface area contributed by atoms with Gasteiger partial charge in [-0.05, 0) is 39.3 Å². The minimum atomic E-state index is -0.180. The summed E-state index contributed by atoms with van der Waals surface area (Å²) in [5, 5.41) is 0. The molecule has 1 aliphatic heterocycles. The fourth-order valence-corrected chi connectivity index (χ4v) is 2.91. The molecule has 116 valence electrons. The average molecular weight is 290 g/mol. The Hall–Kier alpha value is -1.71. The maximum atomic E-state index is 12.2. The molecular weight excluding hydrogens is 264 g/mol. The molecule has 1 fully saturated rings. The first-order valence-electron chi connectivity index (χ1n) is 7.79. The number of amides is 1. The number of carbonyl (C=O) groups is 1. The predicted octanol–water partition coefficient (Wildman–Crippen LogP) is 3.44. The molecule has 21 heavy (non-hydrogen) atoms. The van der Waals surface area contributed by atoms with Crippen molar-refractivity contribution in [2.45, 2.75) is 46.2 Å². The monoisotopic (exact) mass is 290 g/mol. The second-order valence-electron chi connectivity index (χ2n) is 5.96. The van der Waals surface area contributed by atoms with Crippen molar-refractivity contribution in [1.29, 1.82) is 0 Å². The zero-order valence-corrected chi connectivity index (χ0v) is 13.5. The van der Waals surface area contributed by atoms with E-state index in [1.807, 2.05) is 11.8 Å². The van der Waals surface area contributed by atoms with Crippen LogP contribution in [0.25, 0.3) is 0 Å². The summed E-state index contributed by atoms with van der Waals surface area (Å²) in [4.78, 5) is 16.4. The highest BCUT2D eigenvalue weighted by atomic mass is 16.6. The van der Waals surface area contributed by atoms with Crippen molar-refractivity contribution in [2.75, 3.05) is 24.6 Å². The van der Waals surface area contributed by atoms with Crippen molar-refractivity contribution in [2.24, 2.45) is 0 Å². The van der Waals surface area contributed by atoms with Crippen LogP contribution in [0.3, 0.4) is 0 Å². The van der Waals surface area contributed by atoms with Crippen LogP contribution in [0.5, 0.6) is 0 Å². The van der Waals surface area contributed by atoms with Gasteiger partial charge in [0.05, 0.1) is 18.7 Å². The van der Waals surface area contributed by atoms with Gasteiger partial charge in [0.1, 0.15) is 0 Å². The molecule has 0 radical (unpaired) electrons. The summed E-state index contributed by atoms with van der Waals surface area (Å²) in [5.74, 6) is 0. The topological polar surface area (TPSA) is 32.8 Å². The van der Waals surface area contributed by atoms with Gasteiger partial charge in [-0.2, -0.15) is 0 Å². The Morgan fingerprint density at radius 1 is 1.19 bits per heavy atom. The summed E-state index contributed by atoms with van der Waals surface area (Å²) in [5.41, 5.74) is 2.49. The number of anilines is 1. The van der Waals surface area contributed by atoms with Crippen LogP contribution in [0.4, 0.5) is 10.5 Å². The Kier molecular flexibility index (Phi) is 5.10. The summed E-state index contributed by atoms with van der Waals surface area (Å²) in [6.07, 6.45) is 0.679. The second kappa shape index (κ2) is 6.83. The third kappa shape index (κ3) is 3.69. The van der Waals surface area contributed by atoms with Gasteiger partial charge >= 0.3 is 6.09 Å². The van der Waals surface area contributed by atoms with Gasteiger partial charge in [0.25, 0.3) is 0 Å². The van der Waals surface area contributed by atoms with Crippen molar-refractivity contribution in [3.63, 3.8) is 0 Å². The molecule has 0 unspecified atom stereocenters. The summed E-state index contributed by atoms with van der Waals surface area (Å²) in [6, 6.07) is 8.87. The largest absolute Gasteiger partial charge is 0.449 e. The van der Waals surface area contributed by atoms with Gasteiger partial charge in [0.15, 0.2) is 0 Å². The number of carbonyl (C=O) groups excluding carboxylic acids is 1. The van der Waals surface area contributed by atoms with Crippen LogP contribution < -0.4 is 4.90 Å². The summed E-state index contributed by atoms with van der Waals surface area (Å²) < 4.78 is 5.30. The SMILES string of the molecule is CCCOC(=O)N1[C@H](C)CN(c2ccc(C)cc2)C[C@@H]1C. The lowest BCUT2D eigenvalue weighted by Crippen LogP contribution is -2.58. The Labute approximate surface area is 127 Å². The average Bonchev–Trinajstić information content (AvgIpc) is 2.45. The van der Waals surface area contributed by atoms with E-state index in [0.29, 0.717) is 6.61 Å². The van der Waals surface area contributed by atoms with Crippen LogP contribution in [0.1, 0.15) is 32.8 Å². The molecule has 4 heteroatoms. The van der Waals surface area contributed by atoms with Crippen LogP contribution in [0.2, 0.25) is 0 Å². The second-order valence-corrected chi connectivity index (χ2v) is 5.96. The third-order valence-corrected chi connectivity index (χ3v) is 3.96. The molecule has 1 aliphatic rings. The molecule has 4 nitrogen and oxygen atoms in total. The molecule has 0 N–H and O–H groups in total. The van der Waals surface area contributed by atoms with Gasteiger partial charge in [0, 0.05) is 18.8 Å². The minimum absolute atomic E-state index is 0.152. The van der Waals surface area contributed by atoms with Gasteiger partial charge < -0.3 is 9.64 Å². The minimum Gasteiger partial charge on any atom is -0.449 e. The Morgan fingerprint density at radius 2 is 1.76 bits per heavy atom. The number of piperazine rings is 1. The Morgan fingerprint density at radius 3 is 2.29 bits per heavy atom. The number of hydrogen-bond donors (Lipinski definition) is 0. The molecular formula is C17H26N2O2. The number of rotatable bonds is 3. The fraction of sp³-hybridized carbons (Fsp3) is 0.588. The van der Waals surface area contributed by atoms with E-state index in [-0.39, 0.29) is 18.2 Å². The first-order valence-corrected chi connectivity index (χ1v) is 7.79. The van der Waals surface area contributed by atoms with Crippen LogP contribution in [-0.4, -0.2) is 42.8 Å². The van der Waals surface area contributed by atoms with E-state index < -0.39 is 0 Å². The smallest absolute Gasteiger partial charge is 0.410 e. The van der Waals surface area contributed by atoms with Crippen molar-refractivity contribution in [3.05, 3.63) is 29.8 Å². The number of benzene rings is 1. The van der Waals surface area contributed by atoms with Gasteiger partial charge in [-0.15, -0.1) is 0 Å². The van der Waals surface area contributed by atoms with E-state index in [9.17, 15) is 4.79 Å². The lowest BCUT2D eigenvalue weighted by atomic mass is 10.1. The predicted molar refractivity (Wildman–Crippen MR) is 85.8 cm³/mol. The van der Waals surface area contributed by atoms with Crippen molar-refractivity contribution < 1.29 is 9.53 Å². The Bertz CT molecular complexity index is 460. The zero-order valence-electron chi connectivity index (χ0n) is 13.5. The molecule has 0 aromatic heterocycles. The molecule has 0 aliphatic carbocycles. The highest BCUT2D eigenvalue weighted by Crippen LogP contribution is 2.23. The summed E-state index contributed by atoms with van der Waals surface area (Å²) in [7, 11) is 0. The van der Waals surface area contributed by atoms with Crippen molar-refractivity contribution in [1.82, 2.24) is 4.90 Å². The van der Waals surface area contributed by atoms with Gasteiger partial charge in [-0.3, -0.25) is 4.90 Å². The molecule has 1 aromatic carbocycles. The zero-order chi connectivity index (χ0) is 15.4. The Balaban J connectivity index is 2.04. The van der Waals surface area contributed by atoms with E-state index in [1.54, 1.807) is 0 Å². The van der Waals surface area contributed by atoms with E-state index in [0.717, 1.165) is 19.5 Å². The van der Waals surface area contributed by atoms with Crippen LogP contribution in [-0.2, 0) is 4.74 Å². The highest BCUT2D eigenvalue weighted by Gasteiger charge is 2.33. The molecule has 1 heterocycles. The maximum Gasteiger partial charge on any atom is 0.410 e.